The number of carbonyl (C=O) groups is 1. The zero-order valence-electron chi connectivity index (χ0n) is 9.14. The molecule has 0 spiro atoms. The van der Waals surface area contributed by atoms with E-state index in [1.54, 1.807) is 18.2 Å². The van der Waals surface area contributed by atoms with Crippen molar-refractivity contribution >= 4 is 5.97 Å². The molecule has 2 heteroatoms. The number of carbonyl (C=O) groups excluding carboxylic acids is 1. The Morgan fingerprint density at radius 2 is 1.93 bits per heavy atom. The second kappa shape index (κ2) is 5.35. The lowest BCUT2D eigenvalue weighted by molar-refractivity contribution is 0.0309. The molecule has 0 saturated heterocycles. The van der Waals surface area contributed by atoms with Crippen LogP contribution in [0.2, 0.25) is 0 Å². The first-order valence-electron chi connectivity index (χ1n) is 5.03. The van der Waals surface area contributed by atoms with Gasteiger partial charge in [0, 0.05) is 0 Å². The van der Waals surface area contributed by atoms with Crippen LogP contribution in [0.5, 0.6) is 0 Å². The molecule has 1 aromatic carbocycles. The third-order valence-corrected chi connectivity index (χ3v) is 2.14. The molecular weight excluding hydrogens is 188 g/mol. The topological polar surface area (TPSA) is 26.3 Å². The summed E-state index contributed by atoms with van der Waals surface area (Å²) < 4.78 is 5.29. The van der Waals surface area contributed by atoms with Gasteiger partial charge in [0.15, 0.2) is 0 Å². The molecule has 1 aromatic rings. The van der Waals surface area contributed by atoms with Crippen molar-refractivity contribution in [3.05, 3.63) is 48.6 Å². The highest BCUT2D eigenvalue weighted by Gasteiger charge is 2.15. The summed E-state index contributed by atoms with van der Waals surface area (Å²) in [5, 5.41) is 0. The predicted molar refractivity (Wildman–Crippen MR) is 60.7 cm³/mol. The van der Waals surface area contributed by atoms with Gasteiger partial charge in [0.05, 0.1) is 5.56 Å². The first kappa shape index (κ1) is 11.5. The fourth-order valence-electron chi connectivity index (χ4n) is 1.22. The van der Waals surface area contributed by atoms with E-state index in [2.05, 4.69) is 6.58 Å². The number of ether oxygens (including phenoxy) is 1. The van der Waals surface area contributed by atoms with Crippen LogP contribution >= 0.6 is 0 Å². The van der Waals surface area contributed by atoms with E-state index >= 15 is 0 Å². The number of benzene rings is 1. The minimum atomic E-state index is -0.297. The van der Waals surface area contributed by atoms with Crippen LogP contribution in [-0.2, 0) is 4.74 Å². The van der Waals surface area contributed by atoms with Crippen molar-refractivity contribution in [3.63, 3.8) is 0 Å². The standard InChI is InChI=1S/C13H16O2/c1-4-12(10(2)3)15-13(14)11-8-6-5-7-9-11/h4-10,12H,1H2,2-3H3. The minimum Gasteiger partial charge on any atom is -0.454 e. The third-order valence-electron chi connectivity index (χ3n) is 2.14. The van der Waals surface area contributed by atoms with E-state index in [4.69, 9.17) is 4.74 Å². The lowest BCUT2D eigenvalue weighted by Gasteiger charge is -2.17. The Morgan fingerprint density at radius 3 is 2.40 bits per heavy atom. The fourth-order valence-corrected chi connectivity index (χ4v) is 1.22. The molecule has 15 heavy (non-hydrogen) atoms. The van der Waals surface area contributed by atoms with Gasteiger partial charge in [0.25, 0.3) is 0 Å². The molecule has 1 unspecified atom stereocenters. The zero-order valence-corrected chi connectivity index (χ0v) is 9.14. The van der Waals surface area contributed by atoms with Crippen LogP contribution in [0.15, 0.2) is 43.0 Å². The molecule has 0 amide bonds. The van der Waals surface area contributed by atoms with Gasteiger partial charge in [-0.15, -0.1) is 0 Å². The Kier molecular flexibility index (Phi) is 4.10. The molecule has 0 N–H and O–H groups in total. The molecule has 0 saturated carbocycles. The van der Waals surface area contributed by atoms with Gasteiger partial charge in [-0.3, -0.25) is 0 Å². The smallest absolute Gasteiger partial charge is 0.338 e. The van der Waals surface area contributed by atoms with Crippen molar-refractivity contribution in [1.82, 2.24) is 0 Å². The minimum absolute atomic E-state index is 0.224. The number of rotatable bonds is 4. The summed E-state index contributed by atoms with van der Waals surface area (Å²) in [7, 11) is 0. The summed E-state index contributed by atoms with van der Waals surface area (Å²) >= 11 is 0. The molecule has 2 nitrogen and oxygen atoms in total. The molecule has 0 aliphatic carbocycles. The average molecular weight is 204 g/mol. The zero-order chi connectivity index (χ0) is 11.3. The highest BCUT2D eigenvalue weighted by molar-refractivity contribution is 5.89. The number of hydrogen-bond donors (Lipinski definition) is 0. The fraction of sp³-hybridized carbons (Fsp3) is 0.308. The van der Waals surface area contributed by atoms with Crippen molar-refractivity contribution in [2.75, 3.05) is 0 Å². The van der Waals surface area contributed by atoms with Gasteiger partial charge >= 0.3 is 5.97 Å². The van der Waals surface area contributed by atoms with Gasteiger partial charge in [-0.25, -0.2) is 4.79 Å². The molecule has 1 rings (SSSR count). The maximum absolute atomic E-state index is 11.6. The van der Waals surface area contributed by atoms with Crippen LogP contribution in [0.4, 0.5) is 0 Å². The van der Waals surface area contributed by atoms with Gasteiger partial charge in [-0.2, -0.15) is 0 Å². The van der Waals surface area contributed by atoms with Crippen LogP contribution in [0.1, 0.15) is 24.2 Å². The van der Waals surface area contributed by atoms with Crippen molar-refractivity contribution in [2.24, 2.45) is 5.92 Å². The maximum Gasteiger partial charge on any atom is 0.338 e. The molecule has 0 heterocycles. The summed E-state index contributed by atoms with van der Waals surface area (Å²) in [5.41, 5.74) is 0.574. The number of esters is 1. The molecule has 0 radical (unpaired) electrons. The summed E-state index contributed by atoms with van der Waals surface area (Å²) in [6.07, 6.45) is 1.43. The molecule has 0 aliphatic heterocycles. The summed E-state index contributed by atoms with van der Waals surface area (Å²) in [6, 6.07) is 8.97. The van der Waals surface area contributed by atoms with E-state index in [0.717, 1.165) is 0 Å². The molecule has 80 valence electrons. The van der Waals surface area contributed by atoms with Crippen molar-refractivity contribution < 1.29 is 9.53 Å². The van der Waals surface area contributed by atoms with Gasteiger partial charge in [0.2, 0.25) is 0 Å². The lowest BCUT2D eigenvalue weighted by atomic mass is 10.1. The van der Waals surface area contributed by atoms with Crippen molar-refractivity contribution in [1.29, 1.82) is 0 Å². The Hall–Kier alpha value is -1.57. The van der Waals surface area contributed by atoms with Crippen LogP contribution in [0.25, 0.3) is 0 Å². The van der Waals surface area contributed by atoms with Gasteiger partial charge < -0.3 is 4.74 Å². The van der Waals surface area contributed by atoms with E-state index in [-0.39, 0.29) is 18.0 Å². The summed E-state index contributed by atoms with van der Waals surface area (Å²) in [4.78, 5) is 11.6. The maximum atomic E-state index is 11.6. The van der Waals surface area contributed by atoms with Gasteiger partial charge in [0.1, 0.15) is 6.10 Å². The van der Waals surface area contributed by atoms with Gasteiger partial charge in [-0.05, 0) is 18.1 Å². The van der Waals surface area contributed by atoms with Crippen LogP contribution in [-0.4, -0.2) is 12.1 Å². The third kappa shape index (κ3) is 3.24. The van der Waals surface area contributed by atoms with Crippen molar-refractivity contribution in [3.8, 4) is 0 Å². The molecule has 0 aromatic heterocycles. The molecule has 0 fully saturated rings. The Labute approximate surface area is 90.6 Å². The number of hydrogen-bond acceptors (Lipinski definition) is 2. The van der Waals surface area contributed by atoms with E-state index in [1.165, 1.54) is 0 Å². The van der Waals surface area contributed by atoms with Crippen LogP contribution in [0.3, 0.4) is 0 Å². The average Bonchev–Trinajstić information content (AvgIpc) is 2.26. The Balaban J connectivity index is 2.67. The second-order valence-electron chi connectivity index (χ2n) is 3.72. The quantitative estimate of drug-likeness (QED) is 0.556. The van der Waals surface area contributed by atoms with Gasteiger partial charge in [-0.1, -0.05) is 44.7 Å². The first-order chi connectivity index (χ1) is 7.15. The van der Waals surface area contributed by atoms with Crippen molar-refractivity contribution in [2.45, 2.75) is 20.0 Å². The SMILES string of the molecule is C=CC(OC(=O)c1ccccc1)C(C)C. The summed E-state index contributed by atoms with van der Waals surface area (Å²) in [6.45, 7) is 7.63. The van der Waals surface area contributed by atoms with E-state index in [0.29, 0.717) is 5.56 Å². The van der Waals surface area contributed by atoms with E-state index in [1.807, 2.05) is 32.0 Å². The predicted octanol–water partition coefficient (Wildman–Crippen LogP) is 3.05. The largest absolute Gasteiger partial charge is 0.454 e. The monoisotopic (exact) mass is 204 g/mol. The highest BCUT2D eigenvalue weighted by Crippen LogP contribution is 2.11. The molecule has 1 atom stereocenters. The van der Waals surface area contributed by atoms with E-state index < -0.39 is 0 Å². The lowest BCUT2D eigenvalue weighted by Crippen LogP contribution is -2.21. The van der Waals surface area contributed by atoms with Crippen LogP contribution < -0.4 is 0 Å². The highest BCUT2D eigenvalue weighted by atomic mass is 16.5. The second-order valence-corrected chi connectivity index (χ2v) is 3.72. The Bertz CT molecular complexity index is 328. The normalized spacial score (nSPS) is 12.2. The first-order valence-corrected chi connectivity index (χ1v) is 5.03. The van der Waals surface area contributed by atoms with E-state index in [9.17, 15) is 4.79 Å². The molecular formula is C13H16O2. The van der Waals surface area contributed by atoms with Crippen LogP contribution in [0, 0.1) is 5.92 Å². The summed E-state index contributed by atoms with van der Waals surface area (Å²) in [5.74, 6) is -0.0515. The molecule has 0 bridgehead atoms. The molecule has 0 aliphatic rings. The Morgan fingerprint density at radius 1 is 1.33 bits per heavy atom.